The van der Waals surface area contributed by atoms with Gasteiger partial charge in [0, 0.05) is 49.7 Å². The molecule has 0 aliphatic heterocycles. The van der Waals surface area contributed by atoms with Crippen molar-refractivity contribution >= 4 is 92.7 Å². The first-order chi connectivity index (χ1) is 33.0. The fourth-order valence-corrected chi connectivity index (χ4v) is 11.7. The Morgan fingerprint density at radius 2 is 0.910 bits per heavy atom. The predicted molar refractivity (Wildman–Crippen MR) is 286 cm³/mol. The summed E-state index contributed by atoms with van der Waals surface area (Å²) in [7, 11) is 0. The molecule has 2 nitrogen and oxygen atoms in total. The van der Waals surface area contributed by atoms with Crippen LogP contribution in [0.2, 0.25) is 0 Å². The van der Waals surface area contributed by atoms with E-state index in [1.807, 2.05) is 0 Å². The van der Waals surface area contributed by atoms with Gasteiger partial charge in [0.2, 0.25) is 0 Å². The van der Waals surface area contributed by atoms with Crippen LogP contribution in [0.3, 0.4) is 0 Å². The molecule has 0 amide bonds. The van der Waals surface area contributed by atoms with Crippen molar-refractivity contribution in [2.45, 2.75) is 19.3 Å². The number of anilines is 3. The number of nitrogens with zero attached hydrogens (tertiary/aromatic N) is 2. The van der Waals surface area contributed by atoms with Crippen LogP contribution in [-0.2, 0) is 5.41 Å². The van der Waals surface area contributed by atoms with E-state index in [0.29, 0.717) is 0 Å². The highest BCUT2D eigenvalue weighted by molar-refractivity contribution is 6.38. The van der Waals surface area contributed by atoms with Crippen molar-refractivity contribution in [2.24, 2.45) is 0 Å². The van der Waals surface area contributed by atoms with Gasteiger partial charge in [0.05, 0.1) is 11.0 Å². The molecule has 0 saturated carbocycles. The van der Waals surface area contributed by atoms with Crippen LogP contribution in [0.4, 0.5) is 17.1 Å². The molecule has 67 heavy (non-hydrogen) atoms. The lowest BCUT2D eigenvalue weighted by Gasteiger charge is -2.28. The van der Waals surface area contributed by atoms with Crippen LogP contribution < -0.4 is 4.90 Å². The SMILES string of the molecule is CC1(C)c2ccccc2-c2ccc(N(c3ccc(-c4cc5c6ccccc6c6c(c7ccccc7n6-c6ccc7ccccc7c6)c5c5ccccc45)cc3)c3ccc4ccccc4c3)cc21. The van der Waals surface area contributed by atoms with Crippen LogP contribution >= 0.6 is 0 Å². The minimum Gasteiger partial charge on any atom is -0.310 e. The predicted octanol–water partition coefficient (Wildman–Crippen LogP) is 18.0. The van der Waals surface area contributed by atoms with Crippen molar-refractivity contribution in [3.63, 3.8) is 0 Å². The molecule has 0 unspecified atom stereocenters. The standard InChI is InChI=1S/C65H44N2/c1-65(2)59-25-13-11-21-52(59)53-36-35-49(39-60(53)65)66(47-33-27-41-15-3-5-17-44(41)37-47)46-31-29-43(30-32-46)57-40-58-51-20-8-10-23-55(51)64-63(62(58)54-22-9-7-19-50(54)57)56-24-12-14-26-61(56)67(64)48-34-28-42-16-4-6-18-45(42)38-48/h3-40H,1-2H3. The second-order valence-corrected chi connectivity index (χ2v) is 18.9. The Labute approximate surface area is 389 Å². The Morgan fingerprint density at radius 3 is 1.70 bits per heavy atom. The third-order valence-electron chi connectivity index (χ3n) is 14.9. The summed E-state index contributed by atoms with van der Waals surface area (Å²) in [6, 6.07) is 85.8. The summed E-state index contributed by atoms with van der Waals surface area (Å²) in [5.41, 5.74) is 14.7. The highest BCUT2D eigenvalue weighted by Gasteiger charge is 2.36. The lowest BCUT2D eigenvalue weighted by molar-refractivity contribution is 0.660. The first-order valence-electron chi connectivity index (χ1n) is 23.4. The van der Waals surface area contributed by atoms with Crippen LogP contribution in [-0.4, -0.2) is 4.57 Å². The van der Waals surface area contributed by atoms with Crippen molar-refractivity contribution < 1.29 is 0 Å². The van der Waals surface area contributed by atoms with Gasteiger partial charge in [-0.15, -0.1) is 0 Å². The highest BCUT2D eigenvalue weighted by Crippen LogP contribution is 2.52. The summed E-state index contributed by atoms with van der Waals surface area (Å²) in [4.78, 5) is 2.43. The maximum atomic E-state index is 2.50. The van der Waals surface area contributed by atoms with Gasteiger partial charge in [0.1, 0.15) is 0 Å². The molecule has 0 bridgehead atoms. The molecule has 0 radical (unpaired) electrons. The van der Waals surface area contributed by atoms with Gasteiger partial charge in [-0.05, 0) is 137 Å². The molecular formula is C65H44N2. The smallest absolute Gasteiger partial charge is 0.0626 e. The van der Waals surface area contributed by atoms with E-state index in [1.54, 1.807) is 0 Å². The summed E-state index contributed by atoms with van der Waals surface area (Å²) >= 11 is 0. The molecule has 1 aliphatic rings. The topological polar surface area (TPSA) is 8.17 Å². The normalized spacial score (nSPS) is 13.0. The van der Waals surface area contributed by atoms with E-state index >= 15 is 0 Å². The number of fused-ring (bicyclic) bond motifs is 15. The van der Waals surface area contributed by atoms with E-state index in [0.717, 1.165) is 17.1 Å². The van der Waals surface area contributed by atoms with Crippen LogP contribution in [0.15, 0.2) is 231 Å². The number of hydrogen-bond donors (Lipinski definition) is 0. The van der Waals surface area contributed by atoms with Gasteiger partial charge < -0.3 is 9.47 Å². The Morgan fingerprint density at radius 1 is 0.343 bits per heavy atom. The molecule has 1 aliphatic carbocycles. The number of benzene rings is 12. The third-order valence-corrected chi connectivity index (χ3v) is 14.9. The molecule has 13 aromatic rings. The highest BCUT2D eigenvalue weighted by atomic mass is 15.1. The largest absolute Gasteiger partial charge is 0.310 e. The summed E-state index contributed by atoms with van der Waals surface area (Å²) in [6.45, 7) is 4.73. The zero-order chi connectivity index (χ0) is 44.4. The molecule has 0 saturated heterocycles. The molecule has 1 heterocycles. The maximum Gasteiger partial charge on any atom is 0.0626 e. The third kappa shape index (κ3) is 5.57. The molecule has 0 atom stereocenters. The van der Waals surface area contributed by atoms with Gasteiger partial charge in [0.25, 0.3) is 0 Å². The van der Waals surface area contributed by atoms with Crippen molar-refractivity contribution in [2.75, 3.05) is 4.90 Å². The van der Waals surface area contributed by atoms with E-state index in [9.17, 15) is 0 Å². The Bertz CT molecular complexity index is 4190. The van der Waals surface area contributed by atoms with Crippen LogP contribution in [0.5, 0.6) is 0 Å². The Hall–Kier alpha value is -8.46. The average molecular weight is 853 g/mol. The molecule has 1 aromatic heterocycles. The van der Waals surface area contributed by atoms with Gasteiger partial charge in [-0.1, -0.05) is 184 Å². The van der Waals surface area contributed by atoms with Gasteiger partial charge in [-0.2, -0.15) is 0 Å². The van der Waals surface area contributed by atoms with Gasteiger partial charge >= 0.3 is 0 Å². The van der Waals surface area contributed by atoms with E-state index in [1.165, 1.54) is 115 Å². The number of hydrogen-bond acceptors (Lipinski definition) is 1. The molecule has 0 N–H and O–H groups in total. The van der Waals surface area contributed by atoms with Crippen molar-refractivity contribution in [1.82, 2.24) is 4.57 Å². The second-order valence-electron chi connectivity index (χ2n) is 18.9. The first-order valence-corrected chi connectivity index (χ1v) is 23.4. The number of para-hydroxylation sites is 1. The maximum absolute atomic E-state index is 2.50. The van der Waals surface area contributed by atoms with Gasteiger partial charge in [0.15, 0.2) is 0 Å². The summed E-state index contributed by atoms with van der Waals surface area (Å²) in [5.74, 6) is 0. The zero-order valence-electron chi connectivity index (χ0n) is 37.3. The summed E-state index contributed by atoms with van der Waals surface area (Å²) < 4.78 is 2.50. The minimum atomic E-state index is -0.112. The van der Waals surface area contributed by atoms with Gasteiger partial charge in [-0.25, -0.2) is 0 Å². The molecule has 14 rings (SSSR count). The van der Waals surface area contributed by atoms with E-state index in [-0.39, 0.29) is 5.41 Å². The molecule has 314 valence electrons. The summed E-state index contributed by atoms with van der Waals surface area (Å²) in [5, 5.41) is 15.1. The molecule has 12 aromatic carbocycles. The van der Waals surface area contributed by atoms with E-state index < -0.39 is 0 Å². The monoisotopic (exact) mass is 852 g/mol. The molecule has 0 spiro atoms. The minimum absolute atomic E-state index is 0.112. The fourth-order valence-electron chi connectivity index (χ4n) is 11.7. The van der Waals surface area contributed by atoms with Crippen molar-refractivity contribution in [1.29, 1.82) is 0 Å². The van der Waals surface area contributed by atoms with Crippen molar-refractivity contribution in [3.8, 4) is 27.9 Å². The number of aromatic nitrogens is 1. The molecule has 2 heteroatoms. The molecular weight excluding hydrogens is 809 g/mol. The average Bonchev–Trinajstić information content (AvgIpc) is 3.85. The zero-order valence-corrected chi connectivity index (χ0v) is 37.3. The van der Waals surface area contributed by atoms with E-state index in [4.69, 9.17) is 0 Å². The van der Waals surface area contributed by atoms with Crippen LogP contribution in [0.25, 0.3) is 104 Å². The lowest BCUT2D eigenvalue weighted by Crippen LogP contribution is -2.16. The number of rotatable bonds is 5. The Kier molecular flexibility index (Phi) is 8.06. The fraction of sp³-hybridized carbons (Fsp3) is 0.0462. The van der Waals surface area contributed by atoms with Crippen molar-refractivity contribution in [3.05, 3.63) is 242 Å². The van der Waals surface area contributed by atoms with Gasteiger partial charge in [-0.3, -0.25) is 0 Å². The van der Waals surface area contributed by atoms with Crippen LogP contribution in [0.1, 0.15) is 25.0 Å². The van der Waals surface area contributed by atoms with E-state index in [2.05, 4.69) is 254 Å². The lowest BCUT2D eigenvalue weighted by atomic mass is 9.82. The van der Waals surface area contributed by atoms with Crippen LogP contribution in [0, 0.1) is 0 Å². The molecule has 0 fully saturated rings. The summed E-state index contributed by atoms with van der Waals surface area (Å²) in [6.07, 6.45) is 0. The Balaban J connectivity index is 0.976. The first kappa shape index (κ1) is 37.9. The quantitative estimate of drug-likeness (QED) is 0.157. The second kappa shape index (κ2) is 14.3.